The van der Waals surface area contributed by atoms with Crippen molar-refractivity contribution in [3.63, 3.8) is 0 Å². The number of thioether (sulfide) groups is 1. The SMILES string of the molecule is CCCOc1ccc(NC(=O)C[C@H]2SC(c3ccc(N(C)C)cc3)=NC2=O)cc1. The topological polar surface area (TPSA) is 71.0 Å². The van der Waals surface area contributed by atoms with Crippen LogP contribution in [0.1, 0.15) is 25.3 Å². The van der Waals surface area contributed by atoms with Crippen molar-refractivity contribution >= 4 is 40.0 Å². The van der Waals surface area contributed by atoms with Crippen molar-refractivity contribution < 1.29 is 14.3 Å². The molecule has 6 nitrogen and oxygen atoms in total. The highest BCUT2D eigenvalue weighted by molar-refractivity contribution is 8.16. The minimum absolute atomic E-state index is 0.0837. The van der Waals surface area contributed by atoms with Gasteiger partial charge in [-0.25, -0.2) is 4.99 Å². The Hall–Kier alpha value is -2.80. The quantitative estimate of drug-likeness (QED) is 0.712. The van der Waals surface area contributed by atoms with E-state index in [0.717, 1.165) is 23.4 Å². The Morgan fingerprint density at radius 1 is 1.14 bits per heavy atom. The number of hydrogen-bond donors (Lipinski definition) is 1. The third kappa shape index (κ3) is 5.60. The second kappa shape index (κ2) is 9.60. The lowest BCUT2D eigenvalue weighted by molar-refractivity contribution is -0.121. The summed E-state index contributed by atoms with van der Waals surface area (Å²) < 4.78 is 5.53. The molecule has 0 aromatic heterocycles. The van der Waals surface area contributed by atoms with Crippen LogP contribution in [0, 0.1) is 0 Å². The molecule has 3 rings (SSSR count). The zero-order valence-corrected chi connectivity index (χ0v) is 17.7. The minimum Gasteiger partial charge on any atom is -0.494 e. The molecule has 1 atom stereocenters. The Balaban J connectivity index is 1.54. The maximum absolute atomic E-state index is 12.4. The van der Waals surface area contributed by atoms with Crippen LogP contribution in [-0.4, -0.2) is 42.8 Å². The van der Waals surface area contributed by atoms with Gasteiger partial charge in [-0.3, -0.25) is 9.59 Å². The van der Waals surface area contributed by atoms with E-state index in [0.29, 0.717) is 17.3 Å². The van der Waals surface area contributed by atoms with Crippen molar-refractivity contribution in [3.8, 4) is 5.75 Å². The summed E-state index contributed by atoms with van der Waals surface area (Å²) in [5, 5.41) is 3.00. The highest BCUT2D eigenvalue weighted by Crippen LogP contribution is 2.30. The summed E-state index contributed by atoms with van der Waals surface area (Å²) in [4.78, 5) is 30.8. The van der Waals surface area contributed by atoms with E-state index >= 15 is 0 Å². The highest BCUT2D eigenvalue weighted by atomic mass is 32.2. The Labute approximate surface area is 175 Å². The van der Waals surface area contributed by atoms with Crippen LogP contribution in [0.2, 0.25) is 0 Å². The van der Waals surface area contributed by atoms with E-state index < -0.39 is 5.25 Å². The van der Waals surface area contributed by atoms with E-state index in [9.17, 15) is 9.59 Å². The summed E-state index contributed by atoms with van der Waals surface area (Å²) in [6.45, 7) is 2.71. The maximum atomic E-state index is 12.4. The maximum Gasteiger partial charge on any atom is 0.260 e. The number of nitrogens with one attached hydrogen (secondary N) is 1. The predicted octanol–water partition coefficient (Wildman–Crippen LogP) is 3.96. The molecule has 1 N–H and O–H groups in total. The molecule has 1 aliphatic heterocycles. The van der Waals surface area contributed by atoms with Gasteiger partial charge in [0.15, 0.2) is 0 Å². The fourth-order valence-corrected chi connectivity index (χ4v) is 3.85. The molecule has 0 saturated carbocycles. The van der Waals surface area contributed by atoms with Gasteiger partial charge >= 0.3 is 0 Å². The normalized spacial score (nSPS) is 15.8. The number of hydrogen-bond acceptors (Lipinski definition) is 5. The van der Waals surface area contributed by atoms with Crippen LogP contribution in [0.15, 0.2) is 53.5 Å². The standard InChI is InChI=1S/C22H25N3O3S/c1-4-13-28-18-11-7-16(8-12-18)23-20(26)14-19-21(27)24-22(29-19)15-5-9-17(10-6-15)25(2)3/h5-12,19H,4,13-14H2,1-3H3,(H,23,26)/t19-/m1/s1. The molecule has 7 heteroatoms. The van der Waals surface area contributed by atoms with E-state index in [1.165, 1.54) is 11.8 Å². The average molecular weight is 412 g/mol. The van der Waals surface area contributed by atoms with E-state index in [2.05, 4.69) is 10.3 Å². The second-order valence-electron chi connectivity index (χ2n) is 6.93. The number of ether oxygens (including phenoxy) is 1. The molecule has 1 aliphatic rings. The fraction of sp³-hybridized carbons (Fsp3) is 0.318. The van der Waals surface area contributed by atoms with Crippen molar-refractivity contribution in [2.75, 3.05) is 30.9 Å². The average Bonchev–Trinajstić information content (AvgIpc) is 3.07. The number of anilines is 2. The van der Waals surface area contributed by atoms with E-state index in [4.69, 9.17) is 4.74 Å². The van der Waals surface area contributed by atoms with Crippen LogP contribution >= 0.6 is 11.8 Å². The number of nitrogens with zero attached hydrogens (tertiary/aromatic N) is 2. The van der Waals surface area contributed by atoms with Crippen LogP contribution in [0.25, 0.3) is 0 Å². The van der Waals surface area contributed by atoms with Crippen LogP contribution in [-0.2, 0) is 9.59 Å². The molecule has 1 heterocycles. The molecule has 0 spiro atoms. The first kappa shape index (κ1) is 20.9. The lowest BCUT2D eigenvalue weighted by Gasteiger charge is -2.12. The van der Waals surface area contributed by atoms with E-state index in [-0.39, 0.29) is 18.2 Å². The van der Waals surface area contributed by atoms with E-state index in [1.807, 2.05) is 62.3 Å². The largest absolute Gasteiger partial charge is 0.494 e. The van der Waals surface area contributed by atoms with Gasteiger partial charge in [0.1, 0.15) is 16.0 Å². The summed E-state index contributed by atoms with van der Waals surface area (Å²) in [7, 11) is 3.95. The first-order chi connectivity index (χ1) is 14.0. The zero-order valence-electron chi connectivity index (χ0n) is 16.8. The Bertz CT molecular complexity index is 893. The first-order valence-corrected chi connectivity index (χ1v) is 10.4. The van der Waals surface area contributed by atoms with Gasteiger partial charge < -0.3 is 15.0 Å². The van der Waals surface area contributed by atoms with Crippen molar-refractivity contribution in [3.05, 3.63) is 54.1 Å². The molecule has 0 fully saturated rings. The summed E-state index contributed by atoms with van der Waals surface area (Å²) >= 11 is 1.34. The third-order valence-corrected chi connectivity index (χ3v) is 5.56. The molecular formula is C22H25N3O3S. The summed E-state index contributed by atoms with van der Waals surface area (Å²) in [6, 6.07) is 15.1. The molecule has 2 amide bonds. The fourth-order valence-electron chi connectivity index (χ4n) is 2.78. The molecule has 0 saturated heterocycles. The zero-order chi connectivity index (χ0) is 20.8. The van der Waals surface area contributed by atoms with Gasteiger partial charge in [0.25, 0.3) is 5.91 Å². The van der Waals surface area contributed by atoms with Crippen LogP contribution in [0.5, 0.6) is 5.75 Å². The molecule has 29 heavy (non-hydrogen) atoms. The number of amides is 2. The molecule has 0 bridgehead atoms. The third-order valence-electron chi connectivity index (χ3n) is 4.35. The number of benzene rings is 2. The van der Waals surface area contributed by atoms with Crippen molar-refractivity contribution in [1.29, 1.82) is 0 Å². The summed E-state index contributed by atoms with van der Waals surface area (Å²) in [5.74, 6) is 0.294. The molecule has 0 radical (unpaired) electrons. The molecule has 0 aliphatic carbocycles. The van der Waals surface area contributed by atoms with Gasteiger partial charge in [0, 0.05) is 37.5 Å². The van der Waals surface area contributed by atoms with Gasteiger partial charge in [-0.15, -0.1) is 0 Å². The lowest BCUT2D eigenvalue weighted by Crippen LogP contribution is -2.21. The summed E-state index contributed by atoms with van der Waals surface area (Å²) in [6.07, 6.45) is 1.02. The molecule has 2 aromatic rings. The molecule has 2 aromatic carbocycles. The van der Waals surface area contributed by atoms with Gasteiger partial charge in [-0.05, 0) is 42.8 Å². The van der Waals surface area contributed by atoms with Crippen LogP contribution in [0.3, 0.4) is 0 Å². The Morgan fingerprint density at radius 3 is 2.45 bits per heavy atom. The molecule has 0 unspecified atom stereocenters. The number of carbonyl (C=O) groups excluding carboxylic acids is 2. The van der Waals surface area contributed by atoms with Crippen molar-refractivity contribution in [2.45, 2.75) is 25.0 Å². The molecule has 152 valence electrons. The van der Waals surface area contributed by atoms with Gasteiger partial charge in [-0.2, -0.15) is 0 Å². The number of aliphatic imine (C=N–C) groups is 1. The van der Waals surface area contributed by atoms with Gasteiger partial charge in [0.05, 0.1) is 6.61 Å². The smallest absolute Gasteiger partial charge is 0.260 e. The van der Waals surface area contributed by atoms with Crippen molar-refractivity contribution in [2.24, 2.45) is 4.99 Å². The van der Waals surface area contributed by atoms with E-state index in [1.54, 1.807) is 12.1 Å². The first-order valence-electron chi connectivity index (χ1n) is 9.56. The minimum atomic E-state index is -0.495. The van der Waals surface area contributed by atoms with Crippen LogP contribution < -0.4 is 15.0 Å². The monoisotopic (exact) mass is 411 g/mol. The number of rotatable bonds is 8. The Kier molecular flexibility index (Phi) is 6.93. The highest BCUT2D eigenvalue weighted by Gasteiger charge is 2.31. The van der Waals surface area contributed by atoms with Crippen molar-refractivity contribution in [1.82, 2.24) is 0 Å². The second-order valence-corrected chi connectivity index (χ2v) is 8.12. The summed E-state index contributed by atoms with van der Waals surface area (Å²) in [5.41, 5.74) is 2.64. The predicted molar refractivity (Wildman–Crippen MR) is 119 cm³/mol. The number of carbonyl (C=O) groups is 2. The van der Waals surface area contributed by atoms with Gasteiger partial charge in [-0.1, -0.05) is 30.8 Å². The lowest BCUT2D eigenvalue weighted by atomic mass is 10.2. The Morgan fingerprint density at radius 2 is 1.83 bits per heavy atom. The van der Waals surface area contributed by atoms with Gasteiger partial charge in [0.2, 0.25) is 5.91 Å². The van der Waals surface area contributed by atoms with Crippen LogP contribution in [0.4, 0.5) is 11.4 Å². The molecular weight excluding hydrogens is 386 g/mol.